The maximum Gasteiger partial charge on any atom is 0.156 e. The van der Waals surface area contributed by atoms with Gasteiger partial charge in [0.15, 0.2) is 5.60 Å². The molecule has 0 aromatic carbocycles. The molecule has 0 radical (unpaired) electrons. The highest BCUT2D eigenvalue weighted by atomic mass is 16.7. The van der Waals surface area contributed by atoms with Gasteiger partial charge < -0.3 is 10.2 Å². The third kappa shape index (κ3) is 1.22. The third-order valence-corrected chi connectivity index (χ3v) is 2.73. The fourth-order valence-electron chi connectivity index (χ4n) is 1.81. The van der Waals surface area contributed by atoms with Crippen molar-refractivity contribution in [1.29, 1.82) is 0 Å². The summed E-state index contributed by atoms with van der Waals surface area (Å²) in [5, 5.41) is 7.46. The fraction of sp³-hybridized carbons (Fsp3) is 0.889. The minimum absolute atomic E-state index is 0.0274. The molecule has 0 amide bonds. The first-order chi connectivity index (χ1) is 5.72. The summed E-state index contributed by atoms with van der Waals surface area (Å²) in [7, 11) is 0. The number of oxime groups is 1. The SMILES string of the molecule is CC(C)C1=NOC2(CCNC2)C1. The number of nitrogens with zero attached hydrogens (tertiary/aromatic N) is 1. The van der Waals surface area contributed by atoms with Crippen LogP contribution in [0.25, 0.3) is 0 Å². The lowest BCUT2D eigenvalue weighted by atomic mass is 9.92. The minimum Gasteiger partial charge on any atom is -0.387 e. The van der Waals surface area contributed by atoms with E-state index >= 15 is 0 Å². The molecule has 3 heteroatoms. The van der Waals surface area contributed by atoms with Crippen LogP contribution < -0.4 is 5.32 Å². The highest BCUT2D eigenvalue weighted by molar-refractivity contribution is 5.87. The summed E-state index contributed by atoms with van der Waals surface area (Å²) in [6, 6.07) is 0. The van der Waals surface area contributed by atoms with E-state index in [1.54, 1.807) is 0 Å². The van der Waals surface area contributed by atoms with Crippen molar-refractivity contribution in [2.24, 2.45) is 11.1 Å². The quantitative estimate of drug-likeness (QED) is 0.637. The van der Waals surface area contributed by atoms with Crippen molar-refractivity contribution >= 4 is 5.71 Å². The van der Waals surface area contributed by atoms with Gasteiger partial charge in [-0.3, -0.25) is 0 Å². The van der Waals surface area contributed by atoms with Gasteiger partial charge in [0.05, 0.1) is 5.71 Å². The molecular weight excluding hydrogens is 152 g/mol. The Hall–Kier alpha value is -0.570. The Morgan fingerprint density at radius 2 is 2.42 bits per heavy atom. The summed E-state index contributed by atoms with van der Waals surface area (Å²) in [6.07, 6.45) is 2.13. The van der Waals surface area contributed by atoms with Crippen LogP contribution in [0.4, 0.5) is 0 Å². The third-order valence-electron chi connectivity index (χ3n) is 2.73. The highest BCUT2D eigenvalue weighted by Gasteiger charge is 2.42. The zero-order valence-electron chi connectivity index (χ0n) is 7.76. The van der Waals surface area contributed by atoms with E-state index in [4.69, 9.17) is 4.84 Å². The second-order valence-electron chi connectivity index (χ2n) is 4.12. The number of rotatable bonds is 1. The zero-order chi connectivity index (χ0) is 8.60. The molecule has 2 heterocycles. The highest BCUT2D eigenvalue weighted by Crippen LogP contribution is 2.31. The van der Waals surface area contributed by atoms with Crippen LogP contribution in [0.15, 0.2) is 5.16 Å². The molecule has 1 N–H and O–H groups in total. The first kappa shape index (κ1) is 8.05. The molecule has 1 fully saturated rings. The molecule has 2 rings (SSSR count). The monoisotopic (exact) mass is 168 g/mol. The summed E-state index contributed by atoms with van der Waals surface area (Å²) in [6.45, 7) is 6.38. The van der Waals surface area contributed by atoms with Crippen molar-refractivity contribution in [2.75, 3.05) is 13.1 Å². The molecular formula is C9H16N2O. The second-order valence-corrected chi connectivity index (χ2v) is 4.12. The Balaban J connectivity index is 2.02. The van der Waals surface area contributed by atoms with Gasteiger partial charge in [-0.25, -0.2) is 0 Å². The molecule has 2 aliphatic heterocycles. The summed E-state index contributed by atoms with van der Waals surface area (Å²) in [5.74, 6) is 0.532. The van der Waals surface area contributed by atoms with E-state index in [-0.39, 0.29) is 5.60 Å². The molecule has 0 aliphatic carbocycles. The van der Waals surface area contributed by atoms with E-state index in [0.29, 0.717) is 5.92 Å². The zero-order valence-corrected chi connectivity index (χ0v) is 7.76. The normalized spacial score (nSPS) is 34.4. The van der Waals surface area contributed by atoms with E-state index in [0.717, 1.165) is 25.9 Å². The van der Waals surface area contributed by atoms with Crippen molar-refractivity contribution in [2.45, 2.75) is 32.3 Å². The fourth-order valence-corrected chi connectivity index (χ4v) is 1.81. The van der Waals surface area contributed by atoms with E-state index in [1.165, 1.54) is 5.71 Å². The van der Waals surface area contributed by atoms with Gasteiger partial charge in [-0.2, -0.15) is 0 Å². The lowest BCUT2D eigenvalue weighted by molar-refractivity contribution is -0.00190. The predicted molar refractivity (Wildman–Crippen MR) is 48.2 cm³/mol. The van der Waals surface area contributed by atoms with Crippen LogP contribution in [-0.4, -0.2) is 24.4 Å². The Labute approximate surface area is 73.2 Å². The standard InChI is InChI=1S/C9H16N2O/c1-7(2)8-5-9(12-11-8)3-4-10-6-9/h7,10H,3-6H2,1-2H3. The summed E-state index contributed by atoms with van der Waals surface area (Å²) < 4.78 is 0. The number of nitrogens with one attached hydrogen (secondary N) is 1. The lowest BCUT2D eigenvalue weighted by Gasteiger charge is -2.18. The summed E-state index contributed by atoms with van der Waals surface area (Å²) in [5.41, 5.74) is 1.25. The summed E-state index contributed by atoms with van der Waals surface area (Å²) >= 11 is 0. The van der Waals surface area contributed by atoms with Gasteiger partial charge in [-0.05, 0) is 12.5 Å². The van der Waals surface area contributed by atoms with Gasteiger partial charge in [0.2, 0.25) is 0 Å². The van der Waals surface area contributed by atoms with Crippen LogP contribution in [0.5, 0.6) is 0 Å². The molecule has 12 heavy (non-hydrogen) atoms. The van der Waals surface area contributed by atoms with Crippen molar-refractivity contribution in [3.8, 4) is 0 Å². The van der Waals surface area contributed by atoms with Gasteiger partial charge in [0.1, 0.15) is 0 Å². The minimum atomic E-state index is 0.0274. The van der Waals surface area contributed by atoms with Gasteiger partial charge in [-0.1, -0.05) is 19.0 Å². The molecule has 3 nitrogen and oxygen atoms in total. The van der Waals surface area contributed by atoms with E-state index < -0.39 is 0 Å². The largest absolute Gasteiger partial charge is 0.387 e. The van der Waals surface area contributed by atoms with E-state index in [9.17, 15) is 0 Å². The number of hydrogen-bond acceptors (Lipinski definition) is 3. The molecule has 1 saturated heterocycles. The Kier molecular flexibility index (Phi) is 1.83. The molecule has 1 unspecified atom stereocenters. The van der Waals surface area contributed by atoms with Gasteiger partial charge in [0, 0.05) is 19.4 Å². The molecule has 0 saturated carbocycles. The van der Waals surface area contributed by atoms with Crippen LogP contribution in [0, 0.1) is 5.92 Å². The van der Waals surface area contributed by atoms with Crippen LogP contribution in [0.1, 0.15) is 26.7 Å². The van der Waals surface area contributed by atoms with Crippen molar-refractivity contribution in [3.63, 3.8) is 0 Å². The second kappa shape index (κ2) is 2.73. The first-order valence-corrected chi connectivity index (χ1v) is 4.68. The average Bonchev–Trinajstić information content (AvgIpc) is 2.62. The van der Waals surface area contributed by atoms with Crippen LogP contribution in [0.3, 0.4) is 0 Å². The molecule has 0 aromatic heterocycles. The molecule has 0 aromatic rings. The van der Waals surface area contributed by atoms with Crippen LogP contribution in [-0.2, 0) is 4.84 Å². The van der Waals surface area contributed by atoms with Crippen LogP contribution >= 0.6 is 0 Å². The van der Waals surface area contributed by atoms with Crippen molar-refractivity contribution < 1.29 is 4.84 Å². The molecule has 68 valence electrons. The Morgan fingerprint density at radius 3 is 2.92 bits per heavy atom. The maximum atomic E-state index is 5.50. The van der Waals surface area contributed by atoms with Gasteiger partial charge >= 0.3 is 0 Å². The molecule has 1 spiro atoms. The Morgan fingerprint density at radius 1 is 1.58 bits per heavy atom. The molecule has 2 aliphatic rings. The first-order valence-electron chi connectivity index (χ1n) is 4.68. The van der Waals surface area contributed by atoms with E-state index in [1.807, 2.05) is 0 Å². The molecule has 0 bridgehead atoms. The maximum absolute atomic E-state index is 5.50. The smallest absolute Gasteiger partial charge is 0.156 e. The lowest BCUT2D eigenvalue weighted by Crippen LogP contribution is -2.32. The average molecular weight is 168 g/mol. The topological polar surface area (TPSA) is 33.6 Å². The Bertz CT molecular complexity index is 205. The van der Waals surface area contributed by atoms with Crippen LogP contribution in [0.2, 0.25) is 0 Å². The van der Waals surface area contributed by atoms with E-state index in [2.05, 4.69) is 24.3 Å². The van der Waals surface area contributed by atoms with Crippen molar-refractivity contribution in [3.05, 3.63) is 0 Å². The number of hydrogen-bond donors (Lipinski definition) is 1. The summed E-state index contributed by atoms with van der Waals surface area (Å²) in [4.78, 5) is 5.50. The van der Waals surface area contributed by atoms with Gasteiger partial charge in [-0.15, -0.1) is 0 Å². The van der Waals surface area contributed by atoms with Gasteiger partial charge in [0.25, 0.3) is 0 Å². The predicted octanol–water partition coefficient (Wildman–Crippen LogP) is 1.15. The molecule has 1 atom stereocenters. The van der Waals surface area contributed by atoms with Crippen molar-refractivity contribution in [1.82, 2.24) is 5.32 Å².